The van der Waals surface area contributed by atoms with Gasteiger partial charge in [-0.15, -0.1) is 0 Å². The Kier molecular flexibility index (Phi) is 6.95. The summed E-state index contributed by atoms with van der Waals surface area (Å²) in [4.78, 5) is 18.4. The Morgan fingerprint density at radius 1 is 0.957 bits per heavy atom. The minimum absolute atomic E-state index is 0.135. The third kappa shape index (κ3) is 5.95. The lowest BCUT2D eigenvalue weighted by atomic mass is 9.97. The van der Waals surface area contributed by atoms with Crippen molar-refractivity contribution in [1.29, 1.82) is 0 Å². The van der Waals surface area contributed by atoms with E-state index in [2.05, 4.69) is 48.2 Å². The average molecular weight is 310 g/mol. The number of nitrogens with zero attached hydrogens (tertiary/aromatic N) is 2. The van der Waals surface area contributed by atoms with Crippen LogP contribution >= 0.6 is 0 Å². The summed E-state index contributed by atoms with van der Waals surface area (Å²) >= 11 is 0. The van der Waals surface area contributed by atoms with Gasteiger partial charge in [0.1, 0.15) is 5.69 Å². The number of aryl methyl sites for hydroxylation is 2. The zero-order chi connectivity index (χ0) is 16.5. The van der Waals surface area contributed by atoms with Gasteiger partial charge in [-0.3, -0.25) is 9.78 Å². The van der Waals surface area contributed by atoms with E-state index in [-0.39, 0.29) is 5.78 Å². The molecule has 0 bridgehead atoms. The van der Waals surface area contributed by atoms with Crippen LogP contribution in [0.5, 0.6) is 0 Å². The zero-order valence-corrected chi connectivity index (χ0v) is 14.2. The molecule has 0 unspecified atom stereocenters. The van der Waals surface area contributed by atoms with Gasteiger partial charge in [0, 0.05) is 12.6 Å². The first-order chi connectivity index (χ1) is 11.2. The molecule has 0 aliphatic rings. The molecule has 122 valence electrons. The standard InChI is InChI=1S/C20H26N2O/c1-22(2)16-8-12-18-10-4-3-9-17(18)11-7-14-20(23)19-13-5-6-15-21-19/h3-6,9-10,13,15H,7-8,11-12,14,16H2,1-2H3. The summed E-state index contributed by atoms with van der Waals surface area (Å²) in [5.41, 5.74) is 3.37. The van der Waals surface area contributed by atoms with E-state index < -0.39 is 0 Å². The monoisotopic (exact) mass is 310 g/mol. The molecule has 0 fully saturated rings. The maximum absolute atomic E-state index is 12.1. The van der Waals surface area contributed by atoms with Gasteiger partial charge in [-0.05, 0) is 69.6 Å². The number of hydrogen-bond donors (Lipinski definition) is 0. The molecule has 23 heavy (non-hydrogen) atoms. The van der Waals surface area contributed by atoms with Gasteiger partial charge >= 0.3 is 0 Å². The lowest BCUT2D eigenvalue weighted by molar-refractivity contribution is 0.0975. The number of pyridine rings is 1. The molecule has 2 aromatic rings. The van der Waals surface area contributed by atoms with E-state index >= 15 is 0 Å². The Morgan fingerprint density at radius 3 is 2.22 bits per heavy atom. The molecule has 1 aromatic heterocycles. The summed E-state index contributed by atoms with van der Waals surface area (Å²) in [6.45, 7) is 1.10. The number of ketones is 1. The minimum atomic E-state index is 0.135. The van der Waals surface area contributed by atoms with Crippen molar-refractivity contribution in [2.75, 3.05) is 20.6 Å². The Hall–Kier alpha value is -2.00. The van der Waals surface area contributed by atoms with Gasteiger partial charge in [0.15, 0.2) is 5.78 Å². The quantitative estimate of drug-likeness (QED) is 0.661. The van der Waals surface area contributed by atoms with E-state index in [1.165, 1.54) is 11.1 Å². The molecule has 0 saturated heterocycles. The van der Waals surface area contributed by atoms with E-state index in [1.54, 1.807) is 12.3 Å². The van der Waals surface area contributed by atoms with Crippen LogP contribution in [0.4, 0.5) is 0 Å². The SMILES string of the molecule is CN(C)CCCc1ccccc1CCCC(=O)c1ccccn1. The molecule has 2 rings (SSSR count). The molecule has 0 spiro atoms. The van der Waals surface area contributed by atoms with Crippen molar-refractivity contribution in [1.82, 2.24) is 9.88 Å². The van der Waals surface area contributed by atoms with Crippen molar-refractivity contribution < 1.29 is 4.79 Å². The number of hydrogen-bond acceptors (Lipinski definition) is 3. The van der Waals surface area contributed by atoms with Crippen LogP contribution in [-0.4, -0.2) is 36.3 Å². The van der Waals surface area contributed by atoms with Gasteiger partial charge in [0.05, 0.1) is 0 Å². The highest BCUT2D eigenvalue weighted by Crippen LogP contribution is 2.15. The van der Waals surface area contributed by atoms with Crippen molar-refractivity contribution in [2.45, 2.75) is 32.1 Å². The second-order valence-electron chi connectivity index (χ2n) is 6.17. The van der Waals surface area contributed by atoms with Gasteiger partial charge in [-0.2, -0.15) is 0 Å². The molecule has 0 aliphatic carbocycles. The third-order valence-electron chi connectivity index (χ3n) is 3.97. The fourth-order valence-electron chi connectivity index (χ4n) is 2.73. The van der Waals surface area contributed by atoms with Crippen LogP contribution in [0.2, 0.25) is 0 Å². The second-order valence-corrected chi connectivity index (χ2v) is 6.17. The lowest BCUT2D eigenvalue weighted by Gasteiger charge is -2.12. The second kappa shape index (κ2) is 9.21. The minimum Gasteiger partial charge on any atom is -0.309 e. The maximum Gasteiger partial charge on any atom is 0.181 e. The summed E-state index contributed by atoms with van der Waals surface area (Å²) in [6.07, 6.45) is 6.33. The first kappa shape index (κ1) is 17.4. The smallest absolute Gasteiger partial charge is 0.181 e. The zero-order valence-electron chi connectivity index (χ0n) is 14.2. The highest BCUT2D eigenvalue weighted by atomic mass is 16.1. The molecule has 0 saturated carbocycles. The first-order valence-electron chi connectivity index (χ1n) is 8.32. The number of aromatic nitrogens is 1. The van der Waals surface area contributed by atoms with E-state index in [1.807, 2.05) is 12.1 Å². The van der Waals surface area contributed by atoms with Crippen LogP contribution in [0.3, 0.4) is 0 Å². The summed E-state index contributed by atoms with van der Waals surface area (Å²) in [7, 11) is 4.21. The van der Waals surface area contributed by atoms with E-state index in [4.69, 9.17) is 0 Å². The molecule has 0 amide bonds. The van der Waals surface area contributed by atoms with E-state index in [9.17, 15) is 4.79 Å². The van der Waals surface area contributed by atoms with E-state index in [0.29, 0.717) is 12.1 Å². The van der Waals surface area contributed by atoms with Crippen LogP contribution in [0, 0.1) is 0 Å². The molecular weight excluding hydrogens is 284 g/mol. The van der Waals surface area contributed by atoms with Crippen molar-refractivity contribution >= 4 is 5.78 Å². The highest BCUT2D eigenvalue weighted by Gasteiger charge is 2.08. The predicted octanol–water partition coefficient (Wildman–Crippen LogP) is 3.78. The number of carbonyl (C=O) groups excluding carboxylic acids is 1. The fraction of sp³-hybridized carbons (Fsp3) is 0.400. The largest absolute Gasteiger partial charge is 0.309 e. The van der Waals surface area contributed by atoms with Crippen LogP contribution in [0.1, 0.15) is 40.9 Å². The first-order valence-corrected chi connectivity index (χ1v) is 8.32. The molecular formula is C20H26N2O. The molecule has 0 aliphatic heterocycles. The van der Waals surface area contributed by atoms with Crippen molar-refractivity contribution in [3.05, 3.63) is 65.5 Å². The van der Waals surface area contributed by atoms with Crippen molar-refractivity contribution in [3.63, 3.8) is 0 Å². The fourth-order valence-corrected chi connectivity index (χ4v) is 2.73. The predicted molar refractivity (Wildman–Crippen MR) is 94.8 cm³/mol. The van der Waals surface area contributed by atoms with E-state index in [0.717, 1.165) is 32.2 Å². The van der Waals surface area contributed by atoms with Crippen molar-refractivity contribution in [3.8, 4) is 0 Å². The number of rotatable bonds is 9. The molecule has 1 heterocycles. The highest BCUT2D eigenvalue weighted by molar-refractivity contribution is 5.94. The Bertz CT molecular complexity index is 608. The Labute approximate surface area is 139 Å². The Balaban J connectivity index is 1.84. The van der Waals surface area contributed by atoms with Gasteiger partial charge in [-0.1, -0.05) is 30.3 Å². The van der Waals surface area contributed by atoms with Gasteiger partial charge in [0.2, 0.25) is 0 Å². The van der Waals surface area contributed by atoms with Crippen LogP contribution < -0.4 is 0 Å². The summed E-state index contributed by atoms with van der Waals surface area (Å²) in [5, 5.41) is 0. The van der Waals surface area contributed by atoms with Crippen LogP contribution in [0.25, 0.3) is 0 Å². The molecule has 3 nitrogen and oxygen atoms in total. The molecule has 0 radical (unpaired) electrons. The lowest BCUT2D eigenvalue weighted by Crippen LogP contribution is -2.13. The van der Waals surface area contributed by atoms with Gasteiger partial charge in [-0.25, -0.2) is 0 Å². The molecule has 1 aromatic carbocycles. The van der Waals surface area contributed by atoms with Crippen molar-refractivity contribution in [2.24, 2.45) is 0 Å². The maximum atomic E-state index is 12.1. The molecule has 0 N–H and O–H groups in total. The van der Waals surface area contributed by atoms with Crippen LogP contribution in [-0.2, 0) is 12.8 Å². The number of Topliss-reactive ketones (excluding diaryl/α,β-unsaturated/α-hetero) is 1. The summed E-state index contributed by atoms with van der Waals surface area (Å²) < 4.78 is 0. The van der Waals surface area contributed by atoms with Gasteiger partial charge in [0.25, 0.3) is 0 Å². The summed E-state index contributed by atoms with van der Waals surface area (Å²) in [6, 6.07) is 14.1. The average Bonchev–Trinajstić information content (AvgIpc) is 2.56. The topological polar surface area (TPSA) is 33.2 Å². The normalized spacial score (nSPS) is 10.9. The van der Waals surface area contributed by atoms with Crippen LogP contribution in [0.15, 0.2) is 48.7 Å². The Morgan fingerprint density at radius 2 is 1.61 bits per heavy atom. The van der Waals surface area contributed by atoms with Gasteiger partial charge < -0.3 is 4.90 Å². The number of carbonyl (C=O) groups is 1. The molecule has 3 heteroatoms. The summed E-state index contributed by atoms with van der Waals surface area (Å²) in [5.74, 6) is 0.135. The number of benzene rings is 1. The molecule has 0 atom stereocenters. The third-order valence-corrected chi connectivity index (χ3v) is 3.97.